The first kappa shape index (κ1) is 19.3. The van der Waals surface area contributed by atoms with Gasteiger partial charge in [-0.15, -0.1) is 11.3 Å². The van der Waals surface area contributed by atoms with E-state index in [1.807, 2.05) is 18.2 Å². The van der Waals surface area contributed by atoms with Gasteiger partial charge in [0.2, 0.25) is 11.7 Å². The molecule has 4 rings (SSSR count). The zero-order valence-corrected chi connectivity index (χ0v) is 16.9. The summed E-state index contributed by atoms with van der Waals surface area (Å²) in [5, 5.41) is 3.80. The van der Waals surface area contributed by atoms with Gasteiger partial charge in [0.15, 0.2) is 0 Å². The lowest BCUT2D eigenvalue weighted by Crippen LogP contribution is -2.35. The summed E-state index contributed by atoms with van der Waals surface area (Å²) in [5.41, 5.74) is 3.34. The zero-order chi connectivity index (χ0) is 20.2. The van der Waals surface area contributed by atoms with E-state index in [-0.39, 0.29) is 11.7 Å². The fourth-order valence-corrected chi connectivity index (χ4v) is 4.48. The van der Waals surface area contributed by atoms with E-state index in [2.05, 4.69) is 15.2 Å². The maximum absolute atomic E-state index is 13.1. The van der Waals surface area contributed by atoms with Gasteiger partial charge in [-0.05, 0) is 48.0 Å². The number of carbonyl (C=O) groups excluding carboxylic acids is 2. The van der Waals surface area contributed by atoms with Crippen LogP contribution in [0.2, 0.25) is 0 Å². The van der Waals surface area contributed by atoms with E-state index < -0.39 is 0 Å². The molecular formula is C22H21N3O3S. The Hall–Kier alpha value is -3.03. The van der Waals surface area contributed by atoms with Crippen molar-refractivity contribution in [3.05, 3.63) is 65.3 Å². The van der Waals surface area contributed by atoms with Crippen molar-refractivity contribution in [1.82, 2.24) is 4.98 Å². The monoisotopic (exact) mass is 407 g/mol. The summed E-state index contributed by atoms with van der Waals surface area (Å²) < 4.78 is 5.49. The zero-order valence-electron chi connectivity index (χ0n) is 16.1. The highest BCUT2D eigenvalue weighted by Crippen LogP contribution is 2.40. The Morgan fingerprint density at radius 3 is 2.41 bits per heavy atom. The number of aromatic nitrogens is 1. The number of ether oxygens (including phenoxy) is 1. The number of hydrogen-bond donors (Lipinski definition) is 1. The number of benzene rings is 1. The number of nitrogens with one attached hydrogen (secondary N) is 1. The highest BCUT2D eigenvalue weighted by Gasteiger charge is 2.22. The molecule has 1 aliphatic rings. The third-order valence-corrected chi connectivity index (χ3v) is 5.89. The molecule has 0 bridgehead atoms. The number of pyridine rings is 1. The Labute approximate surface area is 173 Å². The third kappa shape index (κ3) is 4.36. The minimum atomic E-state index is -0.139. The van der Waals surface area contributed by atoms with Gasteiger partial charge in [-0.1, -0.05) is 0 Å². The maximum atomic E-state index is 13.1. The summed E-state index contributed by atoms with van der Waals surface area (Å²) in [6.07, 6.45) is 3.52. The molecule has 2 aromatic heterocycles. The van der Waals surface area contributed by atoms with Gasteiger partial charge in [0.1, 0.15) is 0 Å². The summed E-state index contributed by atoms with van der Waals surface area (Å²) in [6, 6.07) is 12.9. The topological polar surface area (TPSA) is 71.5 Å². The molecule has 1 aliphatic heterocycles. The standard InChI is InChI=1S/C22H21N3O3S/c1-15(26)24-18-4-2-17(3-5-18)21(27)20-14-19(16-6-8-23-9-7-16)22(29-20)25-10-12-28-13-11-25/h2-9,14H,10-13H2,1H3,(H,24,26). The quantitative estimate of drug-likeness (QED) is 0.651. The van der Waals surface area contributed by atoms with Gasteiger partial charge in [0, 0.05) is 49.2 Å². The molecule has 3 heterocycles. The largest absolute Gasteiger partial charge is 0.378 e. The van der Waals surface area contributed by atoms with Gasteiger partial charge in [0.25, 0.3) is 0 Å². The molecule has 148 valence electrons. The van der Waals surface area contributed by atoms with Gasteiger partial charge in [-0.25, -0.2) is 0 Å². The van der Waals surface area contributed by atoms with Crippen LogP contribution in [0.4, 0.5) is 10.7 Å². The van der Waals surface area contributed by atoms with Gasteiger partial charge in [-0.2, -0.15) is 0 Å². The first-order valence-electron chi connectivity index (χ1n) is 9.41. The third-order valence-electron chi connectivity index (χ3n) is 4.69. The molecule has 0 saturated carbocycles. The molecule has 7 heteroatoms. The van der Waals surface area contributed by atoms with E-state index in [1.54, 1.807) is 36.7 Å². The molecule has 1 fully saturated rings. The predicted octanol–water partition coefficient (Wildman–Crippen LogP) is 3.84. The number of amides is 1. The van der Waals surface area contributed by atoms with Crippen LogP contribution >= 0.6 is 11.3 Å². The van der Waals surface area contributed by atoms with E-state index >= 15 is 0 Å². The van der Waals surface area contributed by atoms with E-state index in [0.717, 1.165) is 29.2 Å². The number of nitrogens with zero attached hydrogens (tertiary/aromatic N) is 2. The van der Waals surface area contributed by atoms with Crippen LogP contribution in [-0.2, 0) is 9.53 Å². The van der Waals surface area contributed by atoms with Crippen LogP contribution in [0.15, 0.2) is 54.9 Å². The van der Waals surface area contributed by atoms with Crippen molar-refractivity contribution in [2.45, 2.75) is 6.92 Å². The lowest BCUT2D eigenvalue weighted by Gasteiger charge is -2.28. The number of anilines is 2. The second kappa shape index (κ2) is 8.55. The van der Waals surface area contributed by atoms with Crippen molar-refractivity contribution in [2.75, 3.05) is 36.5 Å². The van der Waals surface area contributed by atoms with Crippen LogP contribution in [-0.4, -0.2) is 43.0 Å². The number of hydrogen-bond acceptors (Lipinski definition) is 6. The smallest absolute Gasteiger partial charge is 0.221 e. The Bertz CT molecular complexity index is 1010. The molecule has 1 amide bonds. The molecule has 3 aromatic rings. The van der Waals surface area contributed by atoms with Crippen LogP contribution in [0, 0.1) is 0 Å². The van der Waals surface area contributed by atoms with Gasteiger partial charge < -0.3 is 15.0 Å². The normalized spacial score (nSPS) is 13.9. The molecule has 0 unspecified atom stereocenters. The highest BCUT2D eigenvalue weighted by atomic mass is 32.1. The van der Waals surface area contributed by atoms with Crippen molar-refractivity contribution in [3.8, 4) is 11.1 Å². The fourth-order valence-electron chi connectivity index (χ4n) is 3.28. The van der Waals surface area contributed by atoms with Crippen molar-refractivity contribution >= 4 is 33.7 Å². The first-order valence-corrected chi connectivity index (χ1v) is 10.2. The number of ketones is 1. The number of thiophene rings is 1. The Morgan fingerprint density at radius 1 is 1.07 bits per heavy atom. The lowest BCUT2D eigenvalue weighted by molar-refractivity contribution is -0.114. The number of morpholine rings is 1. The van der Waals surface area contributed by atoms with Gasteiger partial charge in [-0.3, -0.25) is 14.6 Å². The van der Waals surface area contributed by atoms with Crippen LogP contribution < -0.4 is 10.2 Å². The van der Waals surface area contributed by atoms with E-state index in [9.17, 15) is 9.59 Å². The number of rotatable bonds is 5. The van der Waals surface area contributed by atoms with Crippen molar-refractivity contribution in [3.63, 3.8) is 0 Å². The van der Waals surface area contributed by atoms with Gasteiger partial charge in [0.05, 0.1) is 23.1 Å². The Kier molecular flexibility index (Phi) is 5.69. The van der Waals surface area contributed by atoms with E-state index in [4.69, 9.17) is 4.74 Å². The summed E-state index contributed by atoms with van der Waals surface area (Å²) in [4.78, 5) is 31.4. The maximum Gasteiger partial charge on any atom is 0.221 e. The average Bonchev–Trinajstić information content (AvgIpc) is 3.20. The van der Waals surface area contributed by atoms with E-state index in [1.165, 1.54) is 18.3 Å². The lowest BCUT2D eigenvalue weighted by atomic mass is 10.1. The van der Waals surface area contributed by atoms with Crippen molar-refractivity contribution in [1.29, 1.82) is 0 Å². The SMILES string of the molecule is CC(=O)Nc1ccc(C(=O)c2cc(-c3ccncc3)c(N3CCOCC3)s2)cc1. The van der Waals surface area contributed by atoms with Crippen molar-refractivity contribution < 1.29 is 14.3 Å². The molecule has 1 aromatic carbocycles. The molecule has 0 aliphatic carbocycles. The minimum Gasteiger partial charge on any atom is -0.378 e. The summed E-state index contributed by atoms with van der Waals surface area (Å²) in [7, 11) is 0. The molecule has 1 N–H and O–H groups in total. The fraction of sp³-hybridized carbons (Fsp3) is 0.227. The first-order chi connectivity index (χ1) is 14.1. The molecule has 0 atom stereocenters. The minimum absolute atomic E-state index is 0.0285. The van der Waals surface area contributed by atoms with E-state index in [0.29, 0.717) is 29.3 Å². The summed E-state index contributed by atoms with van der Waals surface area (Å²) in [5.74, 6) is -0.168. The van der Waals surface area contributed by atoms with Crippen LogP contribution in [0.3, 0.4) is 0 Å². The average molecular weight is 407 g/mol. The Morgan fingerprint density at radius 2 is 1.76 bits per heavy atom. The predicted molar refractivity (Wildman–Crippen MR) is 115 cm³/mol. The molecule has 1 saturated heterocycles. The number of carbonyl (C=O) groups is 2. The second-order valence-electron chi connectivity index (χ2n) is 6.75. The molecule has 6 nitrogen and oxygen atoms in total. The van der Waals surface area contributed by atoms with Crippen LogP contribution in [0.5, 0.6) is 0 Å². The van der Waals surface area contributed by atoms with Crippen LogP contribution in [0.1, 0.15) is 22.2 Å². The Balaban J connectivity index is 1.67. The summed E-state index contributed by atoms with van der Waals surface area (Å²) >= 11 is 1.51. The van der Waals surface area contributed by atoms with Gasteiger partial charge >= 0.3 is 0 Å². The second-order valence-corrected chi connectivity index (χ2v) is 7.78. The molecular weight excluding hydrogens is 386 g/mol. The molecule has 29 heavy (non-hydrogen) atoms. The van der Waals surface area contributed by atoms with Crippen LogP contribution in [0.25, 0.3) is 11.1 Å². The molecule has 0 spiro atoms. The highest BCUT2D eigenvalue weighted by molar-refractivity contribution is 7.18. The van der Waals surface area contributed by atoms with Crippen molar-refractivity contribution in [2.24, 2.45) is 0 Å². The molecule has 0 radical (unpaired) electrons. The summed E-state index contributed by atoms with van der Waals surface area (Å²) in [6.45, 7) is 4.43.